The molecule has 2 amide bonds. The van der Waals surface area contributed by atoms with Crippen molar-refractivity contribution < 1.29 is 14.3 Å². The lowest BCUT2D eigenvalue weighted by atomic mass is 10.1. The molecule has 0 radical (unpaired) electrons. The van der Waals surface area contributed by atoms with Gasteiger partial charge in [-0.2, -0.15) is 0 Å². The standard InChI is InChI=1S/C22H28N2O3/c1-5-19(27-20-13-9-6-10-16(20)4)22(26)24-18-12-8-7-11-17(18)21(25)23-14-15(2)3/h6-13,15,19H,5,14H2,1-4H3,(H,23,25)(H,24,26)/t19-/m1/s1. The van der Waals surface area contributed by atoms with Crippen LogP contribution in [0.1, 0.15) is 43.1 Å². The first kappa shape index (κ1) is 20.5. The van der Waals surface area contributed by atoms with Crippen LogP contribution in [0.5, 0.6) is 5.75 Å². The molecule has 144 valence electrons. The Morgan fingerprint density at radius 3 is 2.37 bits per heavy atom. The van der Waals surface area contributed by atoms with Gasteiger partial charge in [0.05, 0.1) is 11.3 Å². The third kappa shape index (κ3) is 5.84. The number of carbonyl (C=O) groups is 2. The van der Waals surface area contributed by atoms with Crippen molar-refractivity contribution in [3.05, 3.63) is 59.7 Å². The third-order valence-electron chi connectivity index (χ3n) is 4.13. The van der Waals surface area contributed by atoms with E-state index in [-0.39, 0.29) is 11.8 Å². The predicted octanol–water partition coefficient (Wildman–Crippen LogP) is 4.18. The highest BCUT2D eigenvalue weighted by Gasteiger charge is 2.21. The van der Waals surface area contributed by atoms with Crippen molar-refractivity contribution >= 4 is 17.5 Å². The number of benzene rings is 2. The second-order valence-electron chi connectivity index (χ2n) is 6.92. The summed E-state index contributed by atoms with van der Waals surface area (Å²) in [5.74, 6) is 0.558. The molecule has 2 aromatic rings. The van der Waals surface area contributed by atoms with Crippen molar-refractivity contribution in [2.75, 3.05) is 11.9 Å². The fraction of sp³-hybridized carbons (Fsp3) is 0.364. The Bertz CT molecular complexity index is 787. The maximum absolute atomic E-state index is 12.7. The van der Waals surface area contributed by atoms with Crippen LogP contribution >= 0.6 is 0 Å². The van der Waals surface area contributed by atoms with Crippen molar-refractivity contribution in [2.45, 2.75) is 40.2 Å². The van der Waals surface area contributed by atoms with Crippen molar-refractivity contribution in [2.24, 2.45) is 5.92 Å². The second-order valence-corrected chi connectivity index (χ2v) is 6.92. The first-order valence-electron chi connectivity index (χ1n) is 9.32. The maximum Gasteiger partial charge on any atom is 0.265 e. The van der Waals surface area contributed by atoms with E-state index in [1.807, 2.05) is 52.0 Å². The molecule has 5 heteroatoms. The normalized spacial score (nSPS) is 11.7. The van der Waals surface area contributed by atoms with Gasteiger partial charge < -0.3 is 15.4 Å². The highest BCUT2D eigenvalue weighted by molar-refractivity contribution is 6.04. The van der Waals surface area contributed by atoms with Crippen LogP contribution in [0.15, 0.2) is 48.5 Å². The first-order chi connectivity index (χ1) is 12.9. The SMILES string of the molecule is CC[C@@H](Oc1ccccc1C)C(=O)Nc1ccccc1C(=O)NCC(C)C. The van der Waals surface area contributed by atoms with Crippen LogP contribution in [0.2, 0.25) is 0 Å². The minimum Gasteiger partial charge on any atom is -0.480 e. The van der Waals surface area contributed by atoms with E-state index in [1.54, 1.807) is 24.3 Å². The lowest BCUT2D eigenvalue weighted by molar-refractivity contribution is -0.122. The Kier molecular flexibility index (Phi) is 7.41. The molecule has 0 aliphatic carbocycles. The van der Waals surface area contributed by atoms with Gasteiger partial charge in [-0.05, 0) is 43.0 Å². The average Bonchev–Trinajstić information content (AvgIpc) is 2.65. The van der Waals surface area contributed by atoms with Gasteiger partial charge in [-0.1, -0.05) is 51.1 Å². The van der Waals surface area contributed by atoms with Crippen molar-refractivity contribution in [1.29, 1.82) is 0 Å². The minimum atomic E-state index is -0.641. The molecule has 0 spiro atoms. The molecule has 2 aromatic carbocycles. The Hall–Kier alpha value is -2.82. The molecule has 0 saturated carbocycles. The molecule has 0 unspecified atom stereocenters. The van der Waals surface area contributed by atoms with Gasteiger partial charge in [0.2, 0.25) is 0 Å². The van der Waals surface area contributed by atoms with Crippen molar-refractivity contribution in [3.63, 3.8) is 0 Å². The molecule has 0 aromatic heterocycles. The van der Waals surface area contributed by atoms with E-state index in [1.165, 1.54) is 0 Å². The molecule has 0 heterocycles. The number of carbonyl (C=O) groups excluding carboxylic acids is 2. The monoisotopic (exact) mass is 368 g/mol. The smallest absolute Gasteiger partial charge is 0.265 e. The summed E-state index contributed by atoms with van der Waals surface area (Å²) in [4.78, 5) is 25.2. The third-order valence-corrected chi connectivity index (χ3v) is 4.13. The highest BCUT2D eigenvalue weighted by atomic mass is 16.5. The zero-order valence-electron chi connectivity index (χ0n) is 16.4. The molecule has 2 N–H and O–H groups in total. The summed E-state index contributed by atoms with van der Waals surface area (Å²) in [5.41, 5.74) is 1.89. The fourth-order valence-electron chi connectivity index (χ4n) is 2.56. The zero-order valence-corrected chi connectivity index (χ0v) is 16.4. The largest absolute Gasteiger partial charge is 0.480 e. The molecule has 0 bridgehead atoms. The van der Waals surface area contributed by atoms with Crippen LogP contribution in [0.4, 0.5) is 5.69 Å². The number of anilines is 1. The van der Waals surface area contributed by atoms with E-state index in [0.717, 1.165) is 5.56 Å². The summed E-state index contributed by atoms with van der Waals surface area (Å²) in [7, 11) is 0. The summed E-state index contributed by atoms with van der Waals surface area (Å²) in [6.07, 6.45) is -0.125. The van der Waals surface area contributed by atoms with Crippen LogP contribution < -0.4 is 15.4 Å². The highest BCUT2D eigenvalue weighted by Crippen LogP contribution is 2.21. The number of para-hydroxylation sites is 2. The number of hydrogen-bond donors (Lipinski definition) is 2. The molecule has 0 aliphatic rings. The molecule has 0 saturated heterocycles. The Balaban J connectivity index is 2.12. The van der Waals surface area contributed by atoms with E-state index < -0.39 is 6.10 Å². The van der Waals surface area contributed by atoms with Crippen LogP contribution in [-0.2, 0) is 4.79 Å². The molecular weight excluding hydrogens is 340 g/mol. The topological polar surface area (TPSA) is 67.4 Å². The van der Waals surface area contributed by atoms with Gasteiger partial charge in [-0.15, -0.1) is 0 Å². The Morgan fingerprint density at radius 2 is 1.70 bits per heavy atom. The summed E-state index contributed by atoms with van der Waals surface area (Å²) >= 11 is 0. The Morgan fingerprint density at radius 1 is 1.04 bits per heavy atom. The van der Waals surface area contributed by atoms with Crippen molar-refractivity contribution in [1.82, 2.24) is 5.32 Å². The lowest BCUT2D eigenvalue weighted by Gasteiger charge is -2.19. The fourth-order valence-corrected chi connectivity index (χ4v) is 2.56. The molecule has 5 nitrogen and oxygen atoms in total. The molecule has 27 heavy (non-hydrogen) atoms. The number of rotatable bonds is 8. The minimum absolute atomic E-state index is 0.201. The van der Waals surface area contributed by atoms with Crippen LogP contribution in [0, 0.1) is 12.8 Å². The molecule has 0 fully saturated rings. The van der Waals surface area contributed by atoms with Gasteiger partial charge >= 0.3 is 0 Å². The number of nitrogens with one attached hydrogen (secondary N) is 2. The predicted molar refractivity (Wildman–Crippen MR) is 108 cm³/mol. The first-order valence-corrected chi connectivity index (χ1v) is 9.32. The molecule has 2 rings (SSSR count). The average molecular weight is 368 g/mol. The lowest BCUT2D eigenvalue weighted by Crippen LogP contribution is -2.34. The molecule has 1 atom stereocenters. The zero-order chi connectivity index (χ0) is 19.8. The summed E-state index contributed by atoms with van der Waals surface area (Å²) in [6, 6.07) is 14.6. The van der Waals surface area contributed by atoms with Gasteiger partial charge in [0.1, 0.15) is 5.75 Å². The van der Waals surface area contributed by atoms with Gasteiger partial charge in [-0.3, -0.25) is 9.59 Å². The number of hydrogen-bond acceptors (Lipinski definition) is 3. The Labute approximate surface area is 161 Å². The van der Waals surface area contributed by atoms with Crippen LogP contribution in [0.3, 0.4) is 0 Å². The number of ether oxygens (including phenoxy) is 1. The number of amides is 2. The van der Waals surface area contributed by atoms with Crippen LogP contribution in [-0.4, -0.2) is 24.5 Å². The van der Waals surface area contributed by atoms with E-state index >= 15 is 0 Å². The van der Waals surface area contributed by atoms with Gasteiger partial charge in [0, 0.05) is 6.54 Å². The summed E-state index contributed by atoms with van der Waals surface area (Å²) in [6.45, 7) is 8.47. The quantitative estimate of drug-likeness (QED) is 0.735. The maximum atomic E-state index is 12.7. The summed E-state index contributed by atoms with van der Waals surface area (Å²) < 4.78 is 5.90. The van der Waals surface area contributed by atoms with E-state index in [4.69, 9.17) is 4.74 Å². The van der Waals surface area contributed by atoms with Gasteiger partial charge in [-0.25, -0.2) is 0 Å². The van der Waals surface area contributed by atoms with Crippen molar-refractivity contribution in [3.8, 4) is 5.75 Å². The van der Waals surface area contributed by atoms with Gasteiger partial charge in [0.15, 0.2) is 6.10 Å². The van der Waals surface area contributed by atoms with E-state index in [0.29, 0.717) is 35.9 Å². The number of aryl methyl sites for hydroxylation is 1. The van der Waals surface area contributed by atoms with Crippen LogP contribution in [0.25, 0.3) is 0 Å². The van der Waals surface area contributed by atoms with E-state index in [2.05, 4.69) is 10.6 Å². The summed E-state index contributed by atoms with van der Waals surface area (Å²) in [5, 5.41) is 5.73. The molecular formula is C22H28N2O3. The second kappa shape index (κ2) is 9.76. The van der Waals surface area contributed by atoms with E-state index in [9.17, 15) is 9.59 Å². The molecule has 0 aliphatic heterocycles. The van der Waals surface area contributed by atoms with Gasteiger partial charge in [0.25, 0.3) is 11.8 Å².